The van der Waals surface area contributed by atoms with Crippen molar-refractivity contribution in [1.82, 2.24) is 0 Å². The first kappa shape index (κ1) is 15.8. The van der Waals surface area contributed by atoms with Crippen LogP contribution in [0.5, 0.6) is 0 Å². The lowest BCUT2D eigenvalue weighted by molar-refractivity contribution is 0.112. The number of anilines is 3. The van der Waals surface area contributed by atoms with Crippen LogP contribution in [-0.2, 0) is 0 Å². The molecule has 0 spiro atoms. The molecule has 0 radical (unpaired) electrons. The lowest BCUT2D eigenvalue weighted by Gasteiger charge is -2.15. The first-order valence-corrected chi connectivity index (χ1v) is 7.86. The van der Waals surface area contributed by atoms with Gasteiger partial charge in [0.2, 0.25) is 0 Å². The van der Waals surface area contributed by atoms with Gasteiger partial charge in [0.25, 0.3) is 0 Å². The lowest BCUT2D eigenvalue weighted by Crippen LogP contribution is -2.08. The molecular formula is C21H20N2O. The van der Waals surface area contributed by atoms with Gasteiger partial charge in [0.15, 0.2) is 6.29 Å². The van der Waals surface area contributed by atoms with E-state index in [0.717, 1.165) is 34.5 Å². The highest BCUT2D eigenvalue weighted by Gasteiger charge is 2.06. The Bertz CT molecular complexity index is 824. The van der Waals surface area contributed by atoms with Crippen LogP contribution in [0.1, 0.15) is 10.4 Å². The van der Waals surface area contributed by atoms with Gasteiger partial charge in [-0.1, -0.05) is 36.4 Å². The zero-order chi connectivity index (χ0) is 16.9. The van der Waals surface area contributed by atoms with Crippen molar-refractivity contribution in [1.29, 1.82) is 0 Å². The molecule has 0 atom stereocenters. The molecule has 0 saturated carbocycles. The summed E-state index contributed by atoms with van der Waals surface area (Å²) in [5.74, 6) is 0. The number of carbonyl (C=O) groups excluding carboxylic acids is 1. The number of hydrogen-bond donors (Lipinski definition) is 1. The quantitative estimate of drug-likeness (QED) is 0.674. The number of aldehydes is 1. The van der Waals surface area contributed by atoms with Crippen molar-refractivity contribution >= 4 is 23.3 Å². The van der Waals surface area contributed by atoms with Crippen molar-refractivity contribution in [2.75, 3.05) is 24.3 Å². The Hall–Kier alpha value is -3.07. The van der Waals surface area contributed by atoms with Crippen LogP contribution in [0.4, 0.5) is 17.1 Å². The maximum Gasteiger partial charge on any atom is 0.152 e. The van der Waals surface area contributed by atoms with E-state index in [-0.39, 0.29) is 0 Å². The van der Waals surface area contributed by atoms with E-state index in [1.54, 1.807) is 0 Å². The van der Waals surface area contributed by atoms with E-state index in [9.17, 15) is 4.79 Å². The summed E-state index contributed by atoms with van der Waals surface area (Å²) in [7, 11) is 4.02. The Morgan fingerprint density at radius 2 is 1.54 bits per heavy atom. The topological polar surface area (TPSA) is 32.3 Å². The van der Waals surface area contributed by atoms with E-state index >= 15 is 0 Å². The smallest absolute Gasteiger partial charge is 0.152 e. The monoisotopic (exact) mass is 316 g/mol. The third-order valence-electron chi connectivity index (χ3n) is 3.95. The van der Waals surface area contributed by atoms with Gasteiger partial charge in [0.05, 0.1) is 0 Å². The fraction of sp³-hybridized carbons (Fsp3) is 0.0952. The molecule has 120 valence electrons. The highest BCUT2D eigenvalue weighted by molar-refractivity contribution is 5.88. The van der Waals surface area contributed by atoms with Gasteiger partial charge in [-0.3, -0.25) is 4.79 Å². The van der Waals surface area contributed by atoms with Crippen LogP contribution in [0.3, 0.4) is 0 Å². The number of nitrogens with zero attached hydrogens (tertiary/aromatic N) is 1. The molecule has 0 heterocycles. The Kier molecular flexibility index (Phi) is 4.62. The minimum atomic E-state index is 0.645. The van der Waals surface area contributed by atoms with Crippen LogP contribution >= 0.6 is 0 Å². The van der Waals surface area contributed by atoms with E-state index < -0.39 is 0 Å². The van der Waals surface area contributed by atoms with Crippen molar-refractivity contribution in [2.45, 2.75) is 0 Å². The van der Waals surface area contributed by atoms with Gasteiger partial charge >= 0.3 is 0 Å². The molecule has 3 aromatic rings. The molecule has 0 bridgehead atoms. The summed E-state index contributed by atoms with van der Waals surface area (Å²) < 4.78 is 0. The molecule has 0 unspecified atom stereocenters. The van der Waals surface area contributed by atoms with Crippen LogP contribution in [0.2, 0.25) is 0 Å². The maximum absolute atomic E-state index is 11.4. The summed E-state index contributed by atoms with van der Waals surface area (Å²) in [5.41, 5.74) is 5.74. The largest absolute Gasteiger partial charge is 0.378 e. The number of carbonyl (C=O) groups is 1. The fourth-order valence-corrected chi connectivity index (χ4v) is 2.58. The summed E-state index contributed by atoms with van der Waals surface area (Å²) >= 11 is 0. The molecule has 1 N–H and O–H groups in total. The highest BCUT2D eigenvalue weighted by atomic mass is 16.1. The van der Waals surface area contributed by atoms with Gasteiger partial charge in [-0.15, -0.1) is 0 Å². The fourth-order valence-electron chi connectivity index (χ4n) is 2.58. The molecule has 3 rings (SSSR count). The molecule has 3 nitrogen and oxygen atoms in total. The average molecular weight is 316 g/mol. The normalized spacial score (nSPS) is 10.2. The van der Waals surface area contributed by atoms with Crippen molar-refractivity contribution in [3.05, 3.63) is 78.4 Å². The van der Waals surface area contributed by atoms with Gasteiger partial charge < -0.3 is 10.2 Å². The summed E-state index contributed by atoms with van der Waals surface area (Å²) in [4.78, 5) is 13.4. The SMILES string of the molecule is CN(C)c1ccc(Nc2cc(-c3ccccc3)ccc2C=O)cc1. The van der Waals surface area contributed by atoms with E-state index in [4.69, 9.17) is 0 Å². The van der Waals surface area contributed by atoms with Crippen molar-refractivity contribution in [3.63, 3.8) is 0 Å². The van der Waals surface area contributed by atoms with Crippen molar-refractivity contribution in [2.24, 2.45) is 0 Å². The molecule has 3 aromatic carbocycles. The van der Waals surface area contributed by atoms with Crippen LogP contribution in [0.25, 0.3) is 11.1 Å². The Morgan fingerprint density at radius 1 is 0.833 bits per heavy atom. The summed E-state index contributed by atoms with van der Waals surface area (Å²) in [6.45, 7) is 0. The molecule has 0 amide bonds. The predicted octanol–water partition coefficient (Wildman–Crippen LogP) is 4.98. The van der Waals surface area contributed by atoms with Gasteiger partial charge in [-0.05, 0) is 47.5 Å². The Balaban J connectivity index is 1.92. The van der Waals surface area contributed by atoms with Crippen LogP contribution < -0.4 is 10.2 Å². The van der Waals surface area contributed by atoms with Crippen molar-refractivity contribution in [3.8, 4) is 11.1 Å². The van der Waals surface area contributed by atoms with Gasteiger partial charge in [-0.25, -0.2) is 0 Å². The first-order chi connectivity index (χ1) is 11.7. The molecule has 0 aliphatic rings. The second-order valence-corrected chi connectivity index (χ2v) is 5.85. The molecule has 3 heteroatoms. The van der Waals surface area contributed by atoms with E-state index in [2.05, 4.69) is 22.3 Å². The zero-order valence-corrected chi connectivity index (χ0v) is 13.9. The van der Waals surface area contributed by atoms with E-state index in [1.807, 2.05) is 74.8 Å². The first-order valence-electron chi connectivity index (χ1n) is 7.86. The van der Waals surface area contributed by atoms with Crippen LogP contribution in [0.15, 0.2) is 72.8 Å². The summed E-state index contributed by atoms with van der Waals surface area (Å²) in [6.07, 6.45) is 0.880. The Labute approximate surface area is 142 Å². The molecule has 0 saturated heterocycles. The van der Waals surface area contributed by atoms with Crippen molar-refractivity contribution < 1.29 is 4.79 Å². The predicted molar refractivity (Wildman–Crippen MR) is 101 cm³/mol. The molecule has 0 fully saturated rings. The zero-order valence-electron chi connectivity index (χ0n) is 13.9. The number of rotatable bonds is 5. The van der Waals surface area contributed by atoms with Crippen LogP contribution in [-0.4, -0.2) is 20.4 Å². The number of benzene rings is 3. The second-order valence-electron chi connectivity index (χ2n) is 5.85. The van der Waals surface area contributed by atoms with E-state index in [0.29, 0.717) is 5.56 Å². The molecule has 24 heavy (non-hydrogen) atoms. The standard InChI is InChI=1S/C21H20N2O/c1-23(2)20-12-10-19(11-13-20)22-21-14-17(8-9-18(21)15-24)16-6-4-3-5-7-16/h3-15,22H,1-2H3. The molecule has 0 aliphatic carbocycles. The number of nitrogens with one attached hydrogen (secondary N) is 1. The summed E-state index contributed by atoms with van der Waals surface area (Å²) in [5, 5.41) is 3.35. The molecule has 0 aromatic heterocycles. The van der Waals surface area contributed by atoms with Crippen LogP contribution in [0, 0.1) is 0 Å². The third kappa shape index (κ3) is 3.46. The summed E-state index contributed by atoms with van der Waals surface area (Å²) in [6, 6.07) is 24.1. The van der Waals surface area contributed by atoms with Gasteiger partial charge in [-0.2, -0.15) is 0 Å². The van der Waals surface area contributed by atoms with Gasteiger partial charge in [0.1, 0.15) is 0 Å². The minimum absolute atomic E-state index is 0.645. The maximum atomic E-state index is 11.4. The average Bonchev–Trinajstić information content (AvgIpc) is 2.63. The Morgan fingerprint density at radius 3 is 2.17 bits per heavy atom. The highest BCUT2D eigenvalue weighted by Crippen LogP contribution is 2.28. The lowest BCUT2D eigenvalue weighted by atomic mass is 10.0. The molecular weight excluding hydrogens is 296 g/mol. The molecule has 0 aliphatic heterocycles. The van der Waals surface area contributed by atoms with Gasteiger partial charge in [0, 0.05) is 36.7 Å². The van der Waals surface area contributed by atoms with E-state index in [1.165, 1.54) is 0 Å². The second kappa shape index (κ2) is 7.01. The number of hydrogen-bond acceptors (Lipinski definition) is 3. The minimum Gasteiger partial charge on any atom is -0.378 e. The third-order valence-corrected chi connectivity index (χ3v) is 3.95.